The molecule has 4 aliphatic heterocycles. The Bertz CT molecular complexity index is 1080. The molecule has 234 valence electrons. The molecule has 0 radical (unpaired) electrons. The highest BCUT2D eigenvalue weighted by Crippen LogP contribution is 2.35. The number of piperidine rings is 2. The van der Waals surface area contributed by atoms with Crippen LogP contribution in [0.15, 0.2) is 12.1 Å². The number of ether oxygens (including phenoxy) is 2. The van der Waals surface area contributed by atoms with Gasteiger partial charge in [0.2, 0.25) is 5.91 Å². The van der Waals surface area contributed by atoms with Gasteiger partial charge in [-0.25, -0.2) is 0 Å². The van der Waals surface area contributed by atoms with Crippen LogP contribution in [0, 0.1) is 18.8 Å². The molecule has 0 aromatic heterocycles. The molecule has 5 rings (SSSR count). The summed E-state index contributed by atoms with van der Waals surface area (Å²) < 4.78 is 11.2. The minimum Gasteiger partial charge on any atom is -0.381 e. The third-order valence-electron chi connectivity index (χ3n) is 10.5. The van der Waals surface area contributed by atoms with E-state index in [1.54, 1.807) is 0 Å². The van der Waals surface area contributed by atoms with Crippen molar-refractivity contribution in [3.8, 4) is 0 Å². The SMILES string of the molecule is Cc1c(C(=O)NCC2C(=O)N(C)C(C)CC2C)cc(C2CCC(CN3CCOCC3)NC2)cc1N(C)C1CCOCC1. The summed E-state index contributed by atoms with van der Waals surface area (Å²) >= 11 is 0. The number of rotatable bonds is 8. The van der Waals surface area contributed by atoms with E-state index in [9.17, 15) is 9.59 Å². The zero-order valence-corrected chi connectivity index (χ0v) is 26.5. The highest BCUT2D eigenvalue weighted by Gasteiger charge is 2.36. The van der Waals surface area contributed by atoms with Gasteiger partial charge in [0.05, 0.1) is 19.1 Å². The van der Waals surface area contributed by atoms with Gasteiger partial charge >= 0.3 is 0 Å². The van der Waals surface area contributed by atoms with Gasteiger partial charge < -0.3 is 29.9 Å². The number of hydrogen-bond acceptors (Lipinski definition) is 7. The predicted octanol–water partition coefficient (Wildman–Crippen LogP) is 3.01. The largest absolute Gasteiger partial charge is 0.381 e. The van der Waals surface area contributed by atoms with Crippen LogP contribution in [0.2, 0.25) is 0 Å². The molecular weight excluding hydrogens is 530 g/mol. The van der Waals surface area contributed by atoms with Crippen molar-refractivity contribution in [3.63, 3.8) is 0 Å². The zero-order chi connectivity index (χ0) is 29.8. The number of carbonyl (C=O) groups excluding carboxylic acids is 2. The number of morpholine rings is 1. The van der Waals surface area contributed by atoms with Gasteiger partial charge in [-0.3, -0.25) is 14.5 Å². The average Bonchev–Trinajstić information content (AvgIpc) is 3.01. The number of likely N-dealkylation sites (tertiary alicyclic amines) is 1. The van der Waals surface area contributed by atoms with Crippen molar-refractivity contribution < 1.29 is 19.1 Å². The molecule has 4 fully saturated rings. The second-order valence-electron chi connectivity index (χ2n) is 13.3. The van der Waals surface area contributed by atoms with Crippen molar-refractivity contribution in [2.75, 3.05) is 78.1 Å². The average molecular weight is 584 g/mol. The molecule has 2 N–H and O–H groups in total. The number of amides is 2. The second kappa shape index (κ2) is 14.1. The molecule has 2 amide bonds. The first kappa shape index (κ1) is 31.2. The van der Waals surface area contributed by atoms with Crippen LogP contribution < -0.4 is 15.5 Å². The Morgan fingerprint density at radius 1 is 1.07 bits per heavy atom. The molecule has 1 aromatic rings. The zero-order valence-electron chi connectivity index (χ0n) is 26.5. The van der Waals surface area contributed by atoms with Gasteiger partial charge in [-0.05, 0) is 81.0 Å². The molecule has 4 aliphatic rings. The van der Waals surface area contributed by atoms with Crippen LogP contribution in [-0.4, -0.2) is 113 Å². The van der Waals surface area contributed by atoms with E-state index in [0.29, 0.717) is 24.5 Å². The van der Waals surface area contributed by atoms with Crippen LogP contribution in [0.25, 0.3) is 0 Å². The van der Waals surface area contributed by atoms with E-state index in [2.05, 4.69) is 60.4 Å². The Kier molecular flexibility index (Phi) is 10.5. The van der Waals surface area contributed by atoms with Crippen LogP contribution >= 0.6 is 0 Å². The number of carbonyl (C=O) groups is 2. The highest BCUT2D eigenvalue weighted by atomic mass is 16.5. The van der Waals surface area contributed by atoms with E-state index in [4.69, 9.17) is 9.47 Å². The standard InChI is InChI=1S/C33H53N5O4/c1-22-16-23(2)36(4)33(40)30(22)20-35-32(39)29-17-26(18-31(24(29)3)37(5)28-8-12-41-13-9-28)25-6-7-27(34-19-25)21-38-10-14-42-15-11-38/h17-18,22-23,25,27-28,30,34H,6-16,19-21H2,1-5H3,(H,35,39). The molecule has 0 saturated carbocycles. The Labute approximate surface area is 252 Å². The fourth-order valence-electron chi connectivity index (χ4n) is 7.45. The van der Waals surface area contributed by atoms with Gasteiger partial charge in [0, 0.05) is 89.4 Å². The second-order valence-corrected chi connectivity index (χ2v) is 13.3. The van der Waals surface area contributed by atoms with E-state index in [-0.39, 0.29) is 29.7 Å². The molecule has 1 aromatic carbocycles. The normalized spacial score (nSPS) is 29.9. The van der Waals surface area contributed by atoms with E-state index < -0.39 is 0 Å². The summed E-state index contributed by atoms with van der Waals surface area (Å²) in [7, 11) is 4.05. The Morgan fingerprint density at radius 2 is 1.79 bits per heavy atom. The lowest BCUT2D eigenvalue weighted by Crippen LogP contribution is -2.51. The maximum absolute atomic E-state index is 13.8. The smallest absolute Gasteiger partial charge is 0.251 e. The summed E-state index contributed by atoms with van der Waals surface area (Å²) in [6.07, 6.45) is 5.16. The number of hydrogen-bond donors (Lipinski definition) is 2. The van der Waals surface area contributed by atoms with Crippen LogP contribution in [0.4, 0.5) is 5.69 Å². The van der Waals surface area contributed by atoms with Crippen molar-refractivity contribution >= 4 is 17.5 Å². The monoisotopic (exact) mass is 583 g/mol. The molecule has 4 saturated heterocycles. The van der Waals surface area contributed by atoms with Crippen molar-refractivity contribution in [2.45, 2.75) is 76.9 Å². The Morgan fingerprint density at radius 3 is 2.48 bits per heavy atom. The van der Waals surface area contributed by atoms with E-state index >= 15 is 0 Å². The van der Waals surface area contributed by atoms with E-state index in [0.717, 1.165) is 102 Å². The van der Waals surface area contributed by atoms with Gasteiger partial charge in [0.1, 0.15) is 0 Å². The summed E-state index contributed by atoms with van der Waals surface area (Å²) in [5.41, 5.74) is 4.10. The minimum absolute atomic E-state index is 0.0776. The predicted molar refractivity (Wildman–Crippen MR) is 166 cm³/mol. The lowest BCUT2D eigenvalue weighted by Gasteiger charge is -2.39. The molecular formula is C33H53N5O4. The summed E-state index contributed by atoms with van der Waals surface area (Å²) in [6.45, 7) is 13.9. The van der Waals surface area contributed by atoms with Gasteiger partial charge in [-0.2, -0.15) is 0 Å². The third kappa shape index (κ3) is 7.12. The molecule has 0 bridgehead atoms. The number of nitrogens with zero attached hydrogens (tertiary/aromatic N) is 3. The molecule has 5 atom stereocenters. The Balaban J connectivity index is 1.33. The molecule has 9 nitrogen and oxygen atoms in total. The molecule has 5 unspecified atom stereocenters. The summed E-state index contributed by atoms with van der Waals surface area (Å²) in [4.78, 5) is 33.6. The van der Waals surface area contributed by atoms with Gasteiger partial charge in [-0.1, -0.05) is 6.92 Å². The van der Waals surface area contributed by atoms with Crippen LogP contribution in [-0.2, 0) is 14.3 Å². The van der Waals surface area contributed by atoms with Crippen molar-refractivity contribution in [2.24, 2.45) is 11.8 Å². The summed E-state index contributed by atoms with van der Waals surface area (Å²) in [5, 5.41) is 7.00. The van der Waals surface area contributed by atoms with Crippen molar-refractivity contribution in [1.29, 1.82) is 0 Å². The van der Waals surface area contributed by atoms with Crippen LogP contribution in [0.3, 0.4) is 0 Å². The van der Waals surface area contributed by atoms with Crippen molar-refractivity contribution in [1.82, 2.24) is 20.4 Å². The topological polar surface area (TPSA) is 86.4 Å². The fourth-order valence-corrected chi connectivity index (χ4v) is 7.45. The van der Waals surface area contributed by atoms with Crippen LogP contribution in [0.1, 0.15) is 73.4 Å². The maximum atomic E-state index is 13.8. The minimum atomic E-state index is -0.186. The lowest BCUT2D eigenvalue weighted by molar-refractivity contribution is -0.141. The first-order chi connectivity index (χ1) is 20.2. The van der Waals surface area contributed by atoms with E-state index in [1.165, 1.54) is 5.56 Å². The maximum Gasteiger partial charge on any atom is 0.251 e. The number of nitrogens with one attached hydrogen (secondary N) is 2. The lowest BCUT2D eigenvalue weighted by atomic mass is 9.83. The molecule has 0 aliphatic carbocycles. The number of anilines is 1. The number of benzene rings is 1. The molecule has 4 heterocycles. The quantitative estimate of drug-likeness (QED) is 0.487. The van der Waals surface area contributed by atoms with Gasteiger partial charge in [-0.15, -0.1) is 0 Å². The third-order valence-corrected chi connectivity index (χ3v) is 10.5. The summed E-state index contributed by atoms with van der Waals surface area (Å²) in [5.74, 6) is 0.465. The first-order valence-electron chi connectivity index (χ1n) is 16.3. The van der Waals surface area contributed by atoms with E-state index in [1.807, 2.05) is 11.9 Å². The van der Waals surface area contributed by atoms with Gasteiger partial charge in [0.25, 0.3) is 5.91 Å². The fraction of sp³-hybridized carbons (Fsp3) is 0.758. The molecule has 42 heavy (non-hydrogen) atoms. The molecule has 9 heteroatoms. The van der Waals surface area contributed by atoms with Gasteiger partial charge in [0.15, 0.2) is 0 Å². The molecule has 0 spiro atoms. The highest BCUT2D eigenvalue weighted by molar-refractivity contribution is 5.97. The summed E-state index contributed by atoms with van der Waals surface area (Å²) in [6, 6.07) is 5.58. The Hall–Kier alpha value is -2.20. The van der Waals surface area contributed by atoms with Crippen molar-refractivity contribution in [3.05, 3.63) is 28.8 Å². The van der Waals surface area contributed by atoms with Crippen LogP contribution in [0.5, 0.6) is 0 Å². The first-order valence-corrected chi connectivity index (χ1v) is 16.3.